The van der Waals surface area contributed by atoms with E-state index in [0.29, 0.717) is 5.75 Å². The average Bonchev–Trinajstić information content (AvgIpc) is 2.61. The molecule has 0 unspecified atom stereocenters. The maximum Gasteiger partial charge on any atom is 0.334 e. The van der Waals surface area contributed by atoms with Crippen LogP contribution in [0.25, 0.3) is 0 Å². The van der Waals surface area contributed by atoms with Crippen LogP contribution in [0.2, 0.25) is 0 Å². The highest BCUT2D eigenvalue weighted by molar-refractivity contribution is 6.44. The van der Waals surface area contributed by atoms with Crippen LogP contribution >= 0.6 is 0 Å². The van der Waals surface area contributed by atoms with Gasteiger partial charge in [-0.25, -0.2) is 4.79 Å². The molecule has 1 aliphatic heterocycles. The first-order valence-electron chi connectivity index (χ1n) is 7.21. The van der Waals surface area contributed by atoms with Crippen molar-refractivity contribution in [3.8, 4) is 5.75 Å². The molecule has 1 aromatic rings. The molecule has 6 heteroatoms. The van der Waals surface area contributed by atoms with Crippen LogP contribution in [0.15, 0.2) is 18.2 Å². The second-order valence-electron chi connectivity index (χ2n) is 5.68. The predicted octanol–water partition coefficient (Wildman–Crippen LogP) is 1.88. The monoisotopic (exact) mass is 304 g/mol. The Morgan fingerprint density at radius 2 is 1.59 bits per heavy atom. The van der Waals surface area contributed by atoms with Crippen molar-refractivity contribution in [2.45, 2.75) is 33.7 Å². The topological polar surface area (TPSA) is 66.9 Å². The fourth-order valence-electron chi connectivity index (χ4n) is 2.45. The van der Waals surface area contributed by atoms with Gasteiger partial charge in [0.25, 0.3) is 0 Å². The van der Waals surface area contributed by atoms with Crippen LogP contribution in [0.5, 0.6) is 5.75 Å². The SMILES string of the molecule is Cc1cc(C)cc(OCCN2C(=O)C(=O)N(C(C)C)C2=O)c1. The van der Waals surface area contributed by atoms with Crippen LogP contribution in [0.4, 0.5) is 4.79 Å². The molecule has 0 aliphatic carbocycles. The number of carbonyl (C=O) groups excluding carboxylic acids is 3. The van der Waals surface area contributed by atoms with Crippen molar-refractivity contribution >= 4 is 17.8 Å². The number of rotatable bonds is 5. The third-order valence-corrected chi connectivity index (χ3v) is 3.38. The van der Waals surface area contributed by atoms with E-state index < -0.39 is 17.8 Å². The zero-order chi connectivity index (χ0) is 16.4. The van der Waals surface area contributed by atoms with E-state index in [1.165, 1.54) is 0 Å². The summed E-state index contributed by atoms with van der Waals surface area (Å²) in [7, 11) is 0. The van der Waals surface area contributed by atoms with Crippen molar-refractivity contribution in [2.75, 3.05) is 13.2 Å². The molecule has 0 spiro atoms. The average molecular weight is 304 g/mol. The minimum atomic E-state index is -0.789. The van der Waals surface area contributed by atoms with Gasteiger partial charge in [-0.3, -0.25) is 19.4 Å². The van der Waals surface area contributed by atoms with Crippen LogP contribution in [0.3, 0.4) is 0 Å². The van der Waals surface area contributed by atoms with E-state index in [1.807, 2.05) is 32.0 Å². The van der Waals surface area contributed by atoms with Gasteiger partial charge in [0, 0.05) is 6.04 Å². The second kappa shape index (κ2) is 6.17. The molecule has 1 heterocycles. The van der Waals surface area contributed by atoms with E-state index in [4.69, 9.17) is 4.74 Å². The number of carbonyl (C=O) groups is 3. The van der Waals surface area contributed by atoms with Gasteiger partial charge < -0.3 is 4.74 Å². The maximum atomic E-state index is 12.1. The lowest BCUT2D eigenvalue weighted by atomic mass is 10.1. The first-order valence-corrected chi connectivity index (χ1v) is 7.21. The molecule has 0 atom stereocenters. The summed E-state index contributed by atoms with van der Waals surface area (Å²) < 4.78 is 5.58. The first-order chi connectivity index (χ1) is 10.3. The first kappa shape index (κ1) is 16.0. The molecule has 0 saturated carbocycles. The smallest absolute Gasteiger partial charge is 0.334 e. The summed E-state index contributed by atoms with van der Waals surface area (Å²) in [6.45, 7) is 7.52. The summed E-state index contributed by atoms with van der Waals surface area (Å²) in [5.41, 5.74) is 2.15. The highest BCUT2D eigenvalue weighted by Crippen LogP contribution is 2.18. The normalized spacial score (nSPS) is 15.2. The summed E-state index contributed by atoms with van der Waals surface area (Å²) in [5, 5.41) is 0. The van der Waals surface area contributed by atoms with E-state index in [0.717, 1.165) is 20.9 Å². The molecule has 0 N–H and O–H groups in total. The van der Waals surface area contributed by atoms with E-state index in [-0.39, 0.29) is 19.2 Å². The van der Waals surface area contributed by atoms with Crippen molar-refractivity contribution in [2.24, 2.45) is 0 Å². The summed E-state index contributed by atoms with van der Waals surface area (Å²) in [6, 6.07) is 4.88. The molecule has 1 saturated heterocycles. The fourth-order valence-corrected chi connectivity index (χ4v) is 2.45. The molecule has 0 aromatic heterocycles. The maximum absolute atomic E-state index is 12.1. The number of urea groups is 1. The molecular weight excluding hydrogens is 284 g/mol. The molecule has 22 heavy (non-hydrogen) atoms. The van der Waals surface area contributed by atoms with Gasteiger partial charge in [-0.15, -0.1) is 0 Å². The summed E-state index contributed by atoms with van der Waals surface area (Å²) >= 11 is 0. The molecule has 6 nitrogen and oxygen atoms in total. The molecule has 1 aliphatic rings. The zero-order valence-corrected chi connectivity index (χ0v) is 13.3. The summed E-state index contributed by atoms with van der Waals surface area (Å²) in [6.07, 6.45) is 0. The lowest BCUT2D eigenvalue weighted by Crippen LogP contribution is -2.39. The van der Waals surface area contributed by atoms with Gasteiger partial charge in [-0.2, -0.15) is 0 Å². The minimum absolute atomic E-state index is 0.0552. The van der Waals surface area contributed by atoms with Gasteiger partial charge in [0.05, 0.1) is 6.54 Å². The molecule has 118 valence electrons. The predicted molar refractivity (Wildman–Crippen MR) is 80.5 cm³/mol. The summed E-state index contributed by atoms with van der Waals surface area (Å²) in [4.78, 5) is 37.6. The zero-order valence-electron chi connectivity index (χ0n) is 13.3. The lowest BCUT2D eigenvalue weighted by Gasteiger charge is -2.18. The van der Waals surface area contributed by atoms with Gasteiger partial charge in [0.15, 0.2) is 0 Å². The highest BCUT2D eigenvalue weighted by atomic mass is 16.5. The van der Waals surface area contributed by atoms with Gasteiger partial charge in [-0.1, -0.05) is 6.07 Å². The van der Waals surface area contributed by atoms with Gasteiger partial charge in [0.1, 0.15) is 12.4 Å². The number of ether oxygens (including phenoxy) is 1. The Bertz CT molecular complexity index is 604. The Balaban J connectivity index is 1.98. The standard InChI is InChI=1S/C16H20N2O4/c1-10(2)18-15(20)14(19)17(16(18)21)5-6-22-13-8-11(3)7-12(4)9-13/h7-10H,5-6H2,1-4H3. The molecule has 2 rings (SSSR count). The fraction of sp³-hybridized carbons (Fsp3) is 0.438. The number of imide groups is 2. The third-order valence-electron chi connectivity index (χ3n) is 3.38. The van der Waals surface area contributed by atoms with E-state index in [2.05, 4.69) is 0 Å². The Morgan fingerprint density at radius 3 is 2.09 bits per heavy atom. The Hall–Kier alpha value is -2.37. The molecular formula is C16H20N2O4. The van der Waals surface area contributed by atoms with Gasteiger partial charge in [0.2, 0.25) is 0 Å². The number of amides is 4. The van der Waals surface area contributed by atoms with Crippen LogP contribution in [0.1, 0.15) is 25.0 Å². The minimum Gasteiger partial charge on any atom is -0.492 e. The highest BCUT2D eigenvalue weighted by Gasteiger charge is 2.45. The number of benzene rings is 1. The quantitative estimate of drug-likeness (QED) is 0.615. The van der Waals surface area contributed by atoms with Crippen LogP contribution in [-0.2, 0) is 9.59 Å². The molecule has 0 bridgehead atoms. The van der Waals surface area contributed by atoms with Crippen molar-refractivity contribution in [3.05, 3.63) is 29.3 Å². The number of hydrogen-bond donors (Lipinski definition) is 0. The molecule has 4 amide bonds. The van der Waals surface area contributed by atoms with Gasteiger partial charge >= 0.3 is 17.8 Å². The van der Waals surface area contributed by atoms with Crippen molar-refractivity contribution in [3.63, 3.8) is 0 Å². The number of nitrogens with zero attached hydrogens (tertiary/aromatic N) is 2. The van der Waals surface area contributed by atoms with E-state index in [1.54, 1.807) is 13.8 Å². The molecule has 1 fully saturated rings. The van der Waals surface area contributed by atoms with E-state index >= 15 is 0 Å². The van der Waals surface area contributed by atoms with Crippen LogP contribution in [-0.4, -0.2) is 46.8 Å². The van der Waals surface area contributed by atoms with Crippen molar-refractivity contribution < 1.29 is 19.1 Å². The second-order valence-corrected chi connectivity index (χ2v) is 5.68. The number of aryl methyl sites for hydroxylation is 2. The van der Waals surface area contributed by atoms with Crippen molar-refractivity contribution in [1.82, 2.24) is 9.80 Å². The summed E-state index contributed by atoms with van der Waals surface area (Å²) in [5.74, 6) is -0.877. The molecule has 1 aromatic carbocycles. The van der Waals surface area contributed by atoms with Crippen LogP contribution < -0.4 is 4.74 Å². The van der Waals surface area contributed by atoms with Crippen LogP contribution in [0, 0.1) is 13.8 Å². The largest absolute Gasteiger partial charge is 0.492 e. The van der Waals surface area contributed by atoms with E-state index in [9.17, 15) is 14.4 Å². The molecule has 0 radical (unpaired) electrons. The number of hydrogen-bond acceptors (Lipinski definition) is 4. The van der Waals surface area contributed by atoms with Gasteiger partial charge in [-0.05, 0) is 51.0 Å². The Morgan fingerprint density at radius 1 is 1.00 bits per heavy atom. The van der Waals surface area contributed by atoms with Crippen molar-refractivity contribution in [1.29, 1.82) is 0 Å². The Kier molecular flexibility index (Phi) is 4.49. The third kappa shape index (κ3) is 3.10. The lowest BCUT2D eigenvalue weighted by molar-refractivity contribution is -0.143. The Labute approximate surface area is 129 Å².